The van der Waals surface area contributed by atoms with Crippen LogP contribution in [0.5, 0.6) is 0 Å². The Morgan fingerprint density at radius 1 is 1.71 bits per heavy atom. The third kappa shape index (κ3) is 3.44. The molecular formula is C11H19ClN4O. The molecule has 0 spiro atoms. The minimum Gasteiger partial charge on any atom is -0.352 e. The van der Waals surface area contributed by atoms with E-state index in [0.29, 0.717) is 11.5 Å². The second kappa shape index (κ2) is 6.02. The number of amides is 1. The summed E-state index contributed by atoms with van der Waals surface area (Å²) in [6.45, 7) is 4.67. The molecule has 96 valence electrons. The summed E-state index contributed by atoms with van der Waals surface area (Å²) in [5.41, 5.74) is 1.46. The second-order valence-corrected chi connectivity index (χ2v) is 4.37. The monoisotopic (exact) mass is 258 g/mol. The van der Waals surface area contributed by atoms with Gasteiger partial charge in [-0.05, 0) is 32.4 Å². The summed E-state index contributed by atoms with van der Waals surface area (Å²) in [6.07, 6.45) is 2.91. The highest BCUT2D eigenvalue weighted by molar-refractivity contribution is 5.94. The molecule has 1 aromatic rings. The van der Waals surface area contributed by atoms with E-state index in [1.54, 1.807) is 10.9 Å². The predicted molar refractivity (Wildman–Crippen MR) is 68.5 cm³/mol. The molecule has 0 bridgehead atoms. The Balaban J connectivity index is 0.00000144. The van der Waals surface area contributed by atoms with E-state index in [-0.39, 0.29) is 18.3 Å². The highest BCUT2D eigenvalue weighted by Gasteiger charge is 2.17. The topological polar surface area (TPSA) is 59.0 Å². The number of hydrogen-bond donors (Lipinski definition) is 2. The van der Waals surface area contributed by atoms with Crippen LogP contribution in [0.4, 0.5) is 0 Å². The van der Waals surface area contributed by atoms with Crippen molar-refractivity contribution in [3.05, 3.63) is 17.5 Å². The summed E-state index contributed by atoms with van der Waals surface area (Å²) >= 11 is 0. The van der Waals surface area contributed by atoms with Gasteiger partial charge in [0.25, 0.3) is 5.91 Å². The van der Waals surface area contributed by atoms with Crippen LogP contribution >= 0.6 is 12.4 Å². The molecule has 2 N–H and O–H groups in total. The Hall–Kier alpha value is -1.07. The van der Waals surface area contributed by atoms with E-state index in [0.717, 1.165) is 31.7 Å². The number of carbonyl (C=O) groups is 1. The lowest BCUT2D eigenvalue weighted by Crippen LogP contribution is -2.30. The van der Waals surface area contributed by atoms with E-state index < -0.39 is 0 Å². The fraction of sp³-hybridized carbons (Fsp3) is 0.636. The van der Waals surface area contributed by atoms with Crippen LogP contribution in [0.2, 0.25) is 0 Å². The van der Waals surface area contributed by atoms with E-state index in [1.165, 1.54) is 0 Å². The third-order valence-electron chi connectivity index (χ3n) is 2.97. The Morgan fingerprint density at radius 3 is 3.00 bits per heavy atom. The van der Waals surface area contributed by atoms with Crippen molar-refractivity contribution in [2.75, 3.05) is 19.6 Å². The van der Waals surface area contributed by atoms with Crippen molar-refractivity contribution in [2.45, 2.75) is 13.3 Å². The van der Waals surface area contributed by atoms with Crippen molar-refractivity contribution in [1.29, 1.82) is 0 Å². The van der Waals surface area contributed by atoms with Crippen molar-refractivity contribution in [1.82, 2.24) is 20.4 Å². The average Bonchev–Trinajstić information content (AvgIpc) is 2.84. The number of nitrogens with one attached hydrogen (secondary N) is 2. The minimum atomic E-state index is -0.0162. The lowest BCUT2D eigenvalue weighted by atomic mass is 10.1. The van der Waals surface area contributed by atoms with Gasteiger partial charge in [0.05, 0.1) is 11.3 Å². The van der Waals surface area contributed by atoms with Crippen molar-refractivity contribution in [2.24, 2.45) is 13.0 Å². The number of nitrogens with zero attached hydrogens (tertiary/aromatic N) is 2. The van der Waals surface area contributed by atoms with E-state index >= 15 is 0 Å². The Morgan fingerprint density at radius 2 is 2.47 bits per heavy atom. The first-order valence-corrected chi connectivity index (χ1v) is 5.66. The number of aryl methyl sites for hydroxylation is 2. The number of hydrogen-bond acceptors (Lipinski definition) is 3. The summed E-state index contributed by atoms with van der Waals surface area (Å²) in [4.78, 5) is 11.9. The average molecular weight is 259 g/mol. The largest absolute Gasteiger partial charge is 0.352 e. The van der Waals surface area contributed by atoms with E-state index in [2.05, 4.69) is 15.7 Å². The summed E-state index contributed by atoms with van der Waals surface area (Å²) in [6, 6.07) is 0. The summed E-state index contributed by atoms with van der Waals surface area (Å²) < 4.78 is 1.67. The van der Waals surface area contributed by atoms with Gasteiger partial charge < -0.3 is 10.6 Å². The van der Waals surface area contributed by atoms with Gasteiger partial charge in [-0.15, -0.1) is 12.4 Å². The molecule has 17 heavy (non-hydrogen) atoms. The SMILES string of the molecule is Cc1nn(C)cc1C(=O)NCC1CCNC1.Cl. The maximum atomic E-state index is 11.9. The molecule has 0 aromatic carbocycles. The summed E-state index contributed by atoms with van der Waals surface area (Å²) in [5, 5.41) is 10.4. The zero-order valence-electron chi connectivity index (χ0n) is 10.2. The van der Waals surface area contributed by atoms with Crippen LogP contribution in [-0.2, 0) is 7.05 Å². The lowest BCUT2D eigenvalue weighted by molar-refractivity contribution is 0.0947. The number of aromatic nitrogens is 2. The molecule has 2 heterocycles. The standard InChI is InChI=1S/C11H18N4O.ClH/c1-8-10(7-15(2)14-8)11(16)13-6-9-3-4-12-5-9;/h7,9,12H,3-6H2,1-2H3,(H,13,16);1H. The Kier molecular flexibility index (Phi) is 4.96. The Bertz CT molecular complexity index is 385. The van der Waals surface area contributed by atoms with Crippen LogP contribution in [0.15, 0.2) is 6.20 Å². The predicted octanol–water partition coefficient (Wildman–Crippen LogP) is 0.490. The number of halogens is 1. The van der Waals surface area contributed by atoms with E-state index in [9.17, 15) is 4.79 Å². The van der Waals surface area contributed by atoms with Gasteiger partial charge in [-0.1, -0.05) is 0 Å². The molecule has 0 radical (unpaired) electrons. The molecule has 1 aliphatic heterocycles. The first-order chi connectivity index (χ1) is 7.66. The molecule has 0 aliphatic carbocycles. The normalized spacial score (nSPS) is 18.8. The maximum Gasteiger partial charge on any atom is 0.254 e. The van der Waals surface area contributed by atoms with Crippen molar-refractivity contribution >= 4 is 18.3 Å². The molecule has 5 nitrogen and oxygen atoms in total. The van der Waals surface area contributed by atoms with Crippen LogP contribution < -0.4 is 10.6 Å². The number of carbonyl (C=O) groups excluding carboxylic acids is 1. The zero-order chi connectivity index (χ0) is 11.5. The molecule has 1 unspecified atom stereocenters. The highest BCUT2D eigenvalue weighted by atomic mass is 35.5. The van der Waals surface area contributed by atoms with Gasteiger partial charge in [-0.3, -0.25) is 9.48 Å². The van der Waals surface area contributed by atoms with Crippen molar-refractivity contribution < 1.29 is 4.79 Å². The van der Waals surface area contributed by atoms with Gasteiger partial charge in [0.1, 0.15) is 0 Å². The smallest absolute Gasteiger partial charge is 0.254 e. The van der Waals surface area contributed by atoms with Gasteiger partial charge in [0.2, 0.25) is 0 Å². The molecule has 6 heteroatoms. The van der Waals surface area contributed by atoms with Gasteiger partial charge in [0.15, 0.2) is 0 Å². The number of rotatable bonds is 3. The Labute approximate surface area is 107 Å². The van der Waals surface area contributed by atoms with Crippen LogP contribution in [0.3, 0.4) is 0 Å². The third-order valence-corrected chi connectivity index (χ3v) is 2.97. The molecule has 2 rings (SSSR count). The molecule has 1 saturated heterocycles. The quantitative estimate of drug-likeness (QED) is 0.830. The van der Waals surface area contributed by atoms with Crippen molar-refractivity contribution in [3.63, 3.8) is 0 Å². The first-order valence-electron chi connectivity index (χ1n) is 5.66. The van der Waals surface area contributed by atoms with Crippen LogP contribution in [0.25, 0.3) is 0 Å². The molecule has 1 fully saturated rings. The van der Waals surface area contributed by atoms with Gasteiger partial charge in [-0.25, -0.2) is 0 Å². The van der Waals surface area contributed by atoms with Crippen LogP contribution in [0, 0.1) is 12.8 Å². The summed E-state index contributed by atoms with van der Waals surface area (Å²) in [5.74, 6) is 0.554. The van der Waals surface area contributed by atoms with Crippen LogP contribution in [-0.4, -0.2) is 35.3 Å². The fourth-order valence-electron chi connectivity index (χ4n) is 2.04. The minimum absolute atomic E-state index is 0. The van der Waals surface area contributed by atoms with E-state index in [4.69, 9.17) is 0 Å². The maximum absolute atomic E-state index is 11.9. The zero-order valence-corrected chi connectivity index (χ0v) is 11.0. The molecule has 0 saturated carbocycles. The van der Waals surface area contributed by atoms with E-state index in [1.807, 2.05) is 14.0 Å². The molecule has 1 aromatic heterocycles. The van der Waals surface area contributed by atoms with Gasteiger partial charge in [0, 0.05) is 19.8 Å². The lowest BCUT2D eigenvalue weighted by Gasteiger charge is -2.09. The second-order valence-electron chi connectivity index (χ2n) is 4.37. The summed E-state index contributed by atoms with van der Waals surface area (Å²) in [7, 11) is 1.82. The van der Waals surface area contributed by atoms with Gasteiger partial charge >= 0.3 is 0 Å². The highest BCUT2D eigenvalue weighted by Crippen LogP contribution is 2.07. The molecular weight excluding hydrogens is 240 g/mol. The molecule has 1 atom stereocenters. The van der Waals surface area contributed by atoms with Crippen molar-refractivity contribution in [3.8, 4) is 0 Å². The fourth-order valence-corrected chi connectivity index (χ4v) is 2.04. The first kappa shape index (κ1) is 14.0. The van der Waals surface area contributed by atoms with Crippen LogP contribution in [0.1, 0.15) is 22.5 Å². The molecule has 1 aliphatic rings. The molecule has 1 amide bonds. The van der Waals surface area contributed by atoms with Gasteiger partial charge in [-0.2, -0.15) is 5.10 Å².